The molecule has 1 heterocycles. The van der Waals surface area contributed by atoms with E-state index in [0.29, 0.717) is 0 Å². The first-order valence-electron chi connectivity index (χ1n) is 19.1. The highest BCUT2D eigenvalue weighted by atomic mass is 32.1. The highest BCUT2D eigenvalue weighted by Crippen LogP contribution is 2.42. The molecule has 264 valence electrons. The third-order valence-corrected chi connectivity index (χ3v) is 11.9. The van der Waals surface area contributed by atoms with Crippen molar-refractivity contribution in [2.75, 3.05) is 4.90 Å². The second-order valence-electron chi connectivity index (χ2n) is 14.1. The van der Waals surface area contributed by atoms with Crippen LogP contribution in [0.15, 0.2) is 224 Å². The first kappa shape index (κ1) is 33.6. The summed E-state index contributed by atoms with van der Waals surface area (Å²) in [4.78, 5) is 2.35. The Morgan fingerprint density at radius 3 is 1.48 bits per heavy atom. The summed E-state index contributed by atoms with van der Waals surface area (Å²) in [6, 6.07) is 81.1. The van der Waals surface area contributed by atoms with E-state index in [1.807, 2.05) is 11.3 Å². The summed E-state index contributed by atoms with van der Waals surface area (Å²) in [5.41, 5.74) is 15.5. The molecule has 0 unspecified atom stereocenters. The number of hydrogen-bond acceptors (Lipinski definition) is 2. The number of nitrogens with zero attached hydrogens (tertiary/aromatic N) is 1. The molecular weight excluding hydrogens is 695 g/mol. The first-order chi connectivity index (χ1) is 27.8. The van der Waals surface area contributed by atoms with E-state index in [1.54, 1.807) is 0 Å². The van der Waals surface area contributed by atoms with Crippen LogP contribution in [0.5, 0.6) is 0 Å². The SMILES string of the molecule is c1ccc(-c2ccc(N(c3ccccc3)c3ccc(-c4ccc(-c5cccc(-c6cccc7c6sc6ccccc67)c5)cc4)cc3)cc2-c2ccccc2)cc1. The van der Waals surface area contributed by atoms with Crippen molar-refractivity contribution < 1.29 is 0 Å². The Hall–Kier alpha value is -7.00. The van der Waals surface area contributed by atoms with Crippen LogP contribution in [0.2, 0.25) is 0 Å². The number of para-hydroxylation sites is 1. The maximum atomic E-state index is 2.35. The molecule has 0 aliphatic carbocycles. The number of anilines is 3. The average molecular weight is 732 g/mol. The Bertz CT molecular complexity index is 2930. The molecule has 0 spiro atoms. The highest BCUT2D eigenvalue weighted by Gasteiger charge is 2.17. The summed E-state index contributed by atoms with van der Waals surface area (Å²) >= 11 is 1.88. The van der Waals surface area contributed by atoms with E-state index >= 15 is 0 Å². The van der Waals surface area contributed by atoms with Crippen LogP contribution in [-0.4, -0.2) is 0 Å². The van der Waals surface area contributed by atoms with Crippen molar-refractivity contribution in [2.24, 2.45) is 0 Å². The third-order valence-electron chi connectivity index (χ3n) is 10.7. The lowest BCUT2D eigenvalue weighted by Gasteiger charge is -2.27. The van der Waals surface area contributed by atoms with Gasteiger partial charge in [-0.15, -0.1) is 11.3 Å². The van der Waals surface area contributed by atoms with Crippen LogP contribution >= 0.6 is 11.3 Å². The standard InChI is InChI=1S/C54H37NS/c1-4-14-41(15-5-1)48-35-34-47(37-52(48)42-16-6-2-7-17-42)55(45-20-8-3-9-21-45)46-32-30-39(31-33-46)38-26-28-40(29-27-38)43-18-12-19-44(36-43)49-23-13-24-51-50-22-10-11-25-53(50)56-54(49)51/h1-37H. The lowest BCUT2D eigenvalue weighted by molar-refractivity contribution is 1.28. The Kier molecular flexibility index (Phi) is 8.79. The predicted octanol–water partition coefficient (Wildman–Crippen LogP) is 15.9. The number of fused-ring (bicyclic) bond motifs is 3. The third kappa shape index (κ3) is 6.36. The Balaban J connectivity index is 0.965. The molecule has 0 N–H and O–H groups in total. The van der Waals surface area contributed by atoms with Crippen LogP contribution in [0.3, 0.4) is 0 Å². The van der Waals surface area contributed by atoms with Gasteiger partial charge < -0.3 is 4.90 Å². The molecule has 0 radical (unpaired) electrons. The van der Waals surface area contributed by atoms with E-state index in [2.05, 4.69) is 229 Å². The molecule has 9 aromatic carbocycles. The minimum atomic E-state index is 1.11. The molecule has 10 aromatic rings. The van der Waals surface area contributed by atoms with Gasteiger partial charge in [0.25, 0.3) is 0 Å². The normalized spacial score (nSPS) is 11.2. The lowest BCUT2D eigenvalue weighted by atomic mass is 9.93. The smallest absolute Gasteiger partial charge is 0.0468 e. The summed E-state index contributed by atoms with van der Waals surface area (Å²) in [5.74, 6) is 0. The van der Waals surface area contributed by atoms with E-state index in [4.69, 9.17) is 0 Å². The molecule has 2 heteroatoms. The number of hydrogen-bond donors (Lipinski definition) is 0. The maximum Gasteiger partial charge on any atom is 0.0468 e. The van der Waals surface area contributed by atoms with Gasteiger partial charge in [0.1, 0.15) is 0 Å². The van der Waals surface area contributed by atoms with Gasteiger partial charge in [0.15, 0.2) is 0 Å². The van der Waals surface area contributed by atoms with Gasteiger partial charge in [-0.1, -0.05) is 176 Å². The molecule has 0 aliphatic heterocycles. The van der Waals surface area contributed by atoms with Gasteiger partial charge in [0, 0.05) is 37.2 Å². The Morgan fingerprint density at radius 2 is 0.768 bits per heavy atom. The quantitative estimate of drug-likeness (QED) is 0.150. The van der Waals surface area contributed by atoms with Gasteiger partial charge in [0.05, 0.1) is 0 Å². The highest BCUT2D eigenvalue weighted by molar-refractivity contribution is 7.26. The van der Waals surface area contributed by atoms with Crippen molar-refractivity contribution in [3.63, 3.8) is 0 Å². The van der Waals surface area contributed by atoms with Crippen LogP contribution in [-0.2, 0) is 0 Å². The summed E-state index contributed by atoms with van der Waals surface area (Å²) in [7, 11) is 0. The summed E-state index contributed by atoms with van der Waals surface area (Å²) in [6.45, 7) is 0. The number of benzene rings is 9. The van der Waals surface area contributed by atoms with Gasteiger partial charge in [0.2, 0.25) is 0 Å². The monoisotopic (exact) mass is 731 g/mol. The molecule has 0 atom stereocenters. The molecule has 0 saturated carbocycles. The fraction of sp³-hybridized carbons (Fsp3) is 0. The van der Waals surface area contributed by atoms with E-state index in [1.165, 1.54) is 75.8 Å². The first-order valence-corrected chi connectivity index (χ1v) is 19.9. The molecule has 0 bridgehead atoms. The van der Waals surface area contributed by atoms with Crippen molar-refractivity contribution in [3.05, 3.63) is 224 Å². The van der Waals surface area contributed by atoms with Crippen LogP contribution in [0, 0.1) is 0 Å². The minimum Gasteiger partial charge on any atom is -0.310 e. The zero-order valence-corrected chi connectivity index (χ0v) is 31.5. The van der Waals surface area contributed by atoms with E-state index in [-0.39, 0.29) is 0 Å². The molecule has 0 fully saturated rings. The second-order valence-corrected chi connectivity index (χ2v) is 15.2. The van der Waals surface area contributed by atoms with E-state index in [9.17, 15) is 0 Å². The fourth-order valence-corrected chi connectivity index (χ4v) is 9.16. The molecular formula is C54H37NS. The topological polar surface area (TPSA) is 3.24 Å². The largest absolute Gasteiger partial charge is 0.310 e. The lowest BCUT2D eigenvalue weighted by Crippen LogP contribution is -2.10. The van der Waals surface area contributed by atoms with Gasteiger partial charge in [-0.25, -0.2) is 0 Å². The minimum absolute atomic E-state index is 1.11. The van der Waals surface area contributed by atoms with Crippen molar-refractivity contribution in [1.82, 2.24) is 0 Å². The van der Waals surface area contributed by atoms with Crippen molar-refractivity contribution in [1.29, 1.82) is 0 Å². The maximum absolute atomic E-state index is 2.35. The number of thiophene rings is 1. The van der Waals surface area contributed by atoms with E-state index in [0.717, 1.165) is 17.1 Å². The average Bonchev–Trinajstić information content (AvgIpc) is 3.67. The summed E-state index contributed by atoms with van der Waals surface area (Å²) in [5, 5.41) is 2.66. The Morgan fingerprint density at radius 1 is 0.268 bits per heavy atom. The van der Waals surface area contributed by atoms with E-state index < -0.39 is 0 Å². The molecule has 0 aliphatic rings. The van der Waals surface area contributed by atoms with Gasteiger partial charge in [-0.3, -0.25) is 0 Å². The Labute approximate surface area is 332 Å². The predicted molar refractivity (Wildman–Crippen MR) is 241 cm³/mol. The molecule has 10 rings (SSSR count). The number of rotatable bonds is 8. The van der Waals surface area contributed by atoms with Gasteiger partial charge >= 0.3 is 0 Å². The van der Waals surface area contributed by atoms with Crippen LogP contribution in [0.1, 0.15) is 0 Å². The summed E-state index contributed by atoms with van der Waals surface area (Å²) in [6.07, 6.45) is 0. The van der Waals surface area contributed by atoms with Crippen LogP contribution in [0.25, 0.3) is 75.8 Å². The molecule has 1 nitrogen and oxygen atoms in total. The second kappa shape index (κ2) is 14.7. The zero-order valence-electron chi connectivity index (χ0n) is 30.7. The van der Waals surface area contributed by atoms with Crippen molar-refractivity contribution in [3.8, 4) is 55.6 Å². The fourth-order valence-electron chi connectivity index (χ4n) is 7.92. The van der Waals surface area contributed by atoms with Gasteiger partial charge in [-0.05, 0) is 104 Å². The van der Waals surface area contributed by atoms with Crippen LogP contribution in [0.4, 0.5) is 17.1 Å². The molecule has 1 aromatic heterocycles. The summed E-state index contributed by atoms with van der Waals surface area (Å²) < 4.78 is 2.67. The zero-order chi connectivity index (χ0) is 37.3. The molecule has 0 saturated heterocycles. The molecule has 56 heavy (non-hydrogen) atoms. The van der Waals surface area contributed by atoms with Gasteiger partial charge in [-0.2, -0.15) is 0 Å². The van der Waals surface area contributed by atoms with Crippen molar-refractivity contribution >= 4 is 48.6 Å². The van der Waals surface area contributed by atoms with Crippen molar-refractivity contribution in [2.45, 2.75) is 0 Å². The molecule has 0 amide bonds. The van der Waals surface area contributed by atoms with Crippen LogP contribution < -0.4 is 4.90 Å².